The maximum absolute atomic E-state index is 10.8. The van der Waals surface area contributed by atoms with Gasteiger partial charge in [-0.3, -0.25) is 15.3 Å². The summed E-state index contributed by atoms with van der Waals surface area (Å²) < 4.78 is 0. The Hall–Kier alpha value is -2.15. The number of nitrogens with two attached hydrogens (primary N) is 1. The highest BCUT2D eigenvalue weighted by Crippen LogP contribution is 2.18. The second-order valence-corrected chi connectivity index (χ2v) is 3.12. The number of hydrogen-bond donors (Lipinski definition) is 2. The van der Waals surface area contributed by atoms with Crippen molar-refractivity contribution in [2.24, 2.45) is 5.73 Å². The minimum atomic E-state index is -1.13. The molecule has 0 aliphatic rings. The van der Waals surface area contributed by atoms with Crippen molar-refractivity contribution < 1.29 is 14.9 Å². The number of urea groups is 1. The van der Waals surface area contributed by atoms with E-state index in [1.807, 2.05) is 0 Å². The number of carbonyl (C=O) groups is 1. The number of nitrogens with zero attached hydrogens (tertiary/aromatic N) is 2. The molecule has 7 nitrogen and oxygen atoms in total. The molecule has 0 bridgehead atoms. The molecule has 0 aliphatic heterocycles. The molecule has 1 rings (SSSR count). The Balaban J connectivity index is 2.96. The van der Waals surface area contributed by atoms with Gasteiger partial charge in [0.2, 0.25) is 6.54 Å². The van der Waals surface area contributed by atoms with E-state index < -0.39 is 23.5 Å². The number of carbonyl (C=O) groups excluding carboxylic acids is 1. The van der Waals surface area contributed by atoms with E-state index in [1.54, 1.807) is 30.3 Å². The zero-order chi connectivity index (χ0) is 12.1. The van der Waals surface area contributed by atoms with Crippen molar-refractivity contribution in [3.63, 3.8) is 0 Å². The highest BCUT2D eigenvalue weighted by molar-refractivity contribution is 5.71. The summed E-state index contributed by atoms with van der Waals surface area (Å²) in [5.41, 5.74) is 5.31. The standard InChI is InChI=1S/C9H11N3O4/c10-9(13)12(16)8(6-11(14)15)7-4-2-1-3-5-7/h1-5,8,16H,6H2,(H2,10,13)/t8-/m1/s1. The summed E-state index contributed by atoms with van der Waals surface area (Å²) in [5.74, 6) is 0. The first kappa shape index (κ1) is 11.9. The van der Waals surface area contributed by atoms with E-state index in [-0.39, 0.29) is 5.06 Å². The Morgan fingerprint density at radius 3 is 2.50 bits per heavy atom. The molecule has 1 atom stereocenters. The van der Waals surface area contributed by atoms with Gasteiger partial charge >= 0.3 is 6.03 Å². The number of amides is 2. The first-order chi connectivity index (χ1) is 7.52. The van der Waals surface area contributed by atoms with Gasteiger partial charge in [-0.25, -0.2) is 4.79 Å². The van der Waals surface area contributed by atoms with Crippen LogP contribution in [0.2, 0.25) is 0 Å². The Bertz CT molecular complexity index is 382. The van der Waals surface area contributed by atoms with Crippen LogP contribution in [0.1, 0.15) is 11.6 Å². The van der Waals surface area contributed by atoms with Gasteiger partial charge in [-0.2, -0.15) is 5.06 Å². The molecule has 0 spiro atoms. The first-order valence-electron chi connectivity index (χ1n) is 4.46. The molecule has 86 valence electrons. The fraction of sp³-hybridized carbons (Fsp3) is 0.222. The van der Waals surface area contributed by atoms with Gasteiger partial charge in [-0.05, 0) is 5.56 Å². The molecule has 16 heavy (non-hydrogen) atoms. The molecular formula is C9H11N3O4. The lowest BCUT2D eigenvalue weighted by molar-refractivity contribution is -0.491. The number of benzene rings is 1. The monoisotopic (exact) mass is 225 g/mol. The van der Waals surface area contributed by atoms with Crippen LogP contribution >= 0.6 is 0 Å². The zero-order valence-corrected chi connectivity index (χ0v) is 8.31. The van der Waals surface area contributed by atoms with E-state index in [1.165, 1.54) is 0 Å². The lowest BCUT2D eigenvalue weighted by Crippen LogP contribution is -2.39. The quantitative estimate of drug-likeness (QED) is 0.448. The second kappa shape index (κ2) is 5.08. The molecule has 0 aliphatic carbocycles. The highest BCUT2D eigenvalue weighted by atomic mass is 16.6. The van der Waals surface area contributed by atoms with Crippen LogP contribution in [0.4, 0.5) is 4.79 Å². The van der Waals surface area contributed by atoms with Gasteiger partial charge in [-0.1, -0.05) is 30.3 Å². The highest BCUT2D eigenvalue weighted by Gasteiger charge is 2.26. The minimum Gasteiger partial charge on any atom is -0.350 e. The number of hydrogen-bond acceptors (Lipinski definition) is 4. The summed E-state index contributed by atoms with van der Waals surface area (Å²) in [6, 6.07) is 5.96. The third kappa shape index (κ3) is 2.92. The molecular weight excluding hydrogens is 214 g/mol. The molecule has 1 aromatic carbocycles. The molecule has 2 amide bonds. The number of hydroxylamine groups is 2. The van der Waals surface area contributed by atoms with E-state index in [9.17, 15) is 20.1 Å². The average Bonchev–Trinajstić information content (AvgIpc) is 2.26. The molecule has 0 heterocycles. The van der Waals surface area contributed by atoms with Crippen LogP contribution in [0.15, 0.2) is 30.3 Å². The largest absolute Gasteiger partial charge is 0.350 e. The van der Waals surface area contributed by atoms with Gasteiger partial charge in [0, 0.05) is 4.92 Å². The van der Waals surface area contributed by atoms with Crippen molar-refractivity contribution in [1.29, 1.82) is 0 Å². The smallest absolute Gasteiger partial charge is 0.339 e. The fourth-order valence-corrected chi connectivity index (χ4v) is 1.29. The minimum absolute atomic E-state index is 0.165. The molecule has 0 unspecified atom stereocenters. The summed E-state index contributed by atoms with van der Waals surface area (Å²) in [6.07, 6.45) is 0. The molecule has 1 aromatic rings. The van der Waals surface area contributed by atoms with E-state index in [4.69, 9.17) is 5.73 Å². The Morgan fingerprint density at radius 1 is 1.50 bits per heavy atom. The summed E-state index contributed by atoms with van der Waals surface area (Å²) in [7, 11) is 0. The summed E-state index contributed by atoms with van der Waals surface area (Å²) in [4.78, 5) is 20.6. The maximum atomic E-state index is 10.8. The van der Waals surface area contributed by atoms with Gasteiger partial charge in [0.1, 0.15) is 0 Å². The van der Waals surface area contributed by atoms with Crippen molar-refractivity contribution in [2.75, 3.05) is 6.54 Å². The van der Waals surface area contributed by atoms with Crippen LogP contribution < -0.4 is 5.73 Å². The molecule has 7 heteroatoms. The number of nitro groups is 1. The second-order valence-electron chi connectivity index (χ2n) is 3.12. The molecule has 0 radical (unpaired) electrons. The van der Waals surface area contributed by atoms with Crippen molar-refractivity contribution in [3.8, 4) is 0 Å². The van der Waals surface area contributed by atoms with Gasteiger partial charge in [0.15, 0.2) is 6.04 Å². The predicted octanol–water partition coefficient (Wildman–Crippen LogP) is 0.774. The van der Waals surface area contributed by atoms with Crippen LogP contribution in [0, 0.1) is 10.1 Å². The lowest BCUT2D eigenvalue weighted by Gasteiger charge is -2.21. The SMILES string of the molecule is NC(=O)N(O)[C@H](C[N+](=O)[O-])c1ccccc1. The van der Waals surface area contributed by atoms with Crippen LogP contribution in [-0.2, 0) is 0 Å². The molecule has 0 fully saturated rings. The molecule has 0 saturated heterocycles. The van der Waals surface area contributed by atoms with Crippen molar-refractivity contribution in [2.45, 2.75) is 6.04 Å². The zero-order valence-electron chi connectivity index (χ0n) is 8.31. The predicted molar refractivity (Wildman–Crippen MR) is 54.3 cm³/mol. The molecule has 0 aromatic heterocycles. The summed E-state index contributed by atoms with van der Waals surface area (Å²) in [5, 5.41) is 19.9. The van der Waals surface area contributed by atoms with Gasteiger partial charge < -0.3 is 5.73 Å². The summed E-state index contributed by atoms with van der Waals surface area (Å²) in [6.45, 7) is -0.608. The Labute approximate surface area is 91.2 Å². The fourth-order valence-electron chi connectivity index (χ4n) is 1.29. The van der Waals surface area contributed by atoms with Crippen molar-refractivity contribution in [1.82, 2.24) is 5.06 Å². The third-order valence-corrected chi connectivity index (χ3v) is 2.03. The van der Waals surface area contributed by atoms with Crippen LogP contribution in [0.25, 0.3) is 0 Å². The van der Waals surface area contributed by atoms with Crippen LogP contribution in [0.5, 0.6) is 0 Å². The third-order valence-electron chi connectivity index (χ3n) is 2.03. The lowest BCUT2D eigenvalue weighted by atomic mass is 10.1. The van der Waals surface area contributed by atoms with Crippen LogP contribution in [0.3, 0.4) is 0 Å². The van der Waals surface area contributed by atoms with Crippen molar-refractivity contribution >= 4 is 6.03 Å². The molecule has 0 saturated carbocycles. The van der Waals surface area contributed by atoms with E-state index in [0.717, 1.165) is 0 Å². The molecule has 3 N–H and O–H groups in total. The van der Waals surface area contributed by atoms with Gasteiger partial charge in [0.05, 0.1) is 0 Å². The van der Waals surface area contributed by atoms with Gasteiger partial charge in [0.25, 0.3) is 0 Å². The first-order valence-corrected chi connectivity index (χ1v) is 4.46. The summed E-state index contributed by atoms with van der Waals surface area (Å²) >= 11 is 0. The van der Waals surface area contributed by atoms with E-state index >= 15 is 0 Å². The Kier molecular flexibility index (Phi) is 3.78. The van der Waals surface area contributed by atoms with Crippen LogP contribution in [-0.4, -0.2) is 27.8 Å². The topological polar surface area (TPSA) is 110 Å². The Morgan fingerprint density at radius 2 is 2.06 bits per heavy atom. The van der Waals surface area contributed by atoms with Crippen molar-refractivity contribution in [3.05, 3.63) is 46.0 Å². The van der Waals surface area contributed by atoms with E-state index in [0.29, 0.717) is 5.56 Å². The number of primary amides is 1. The number of rotatable bonds is 4. The van der Waals surface area contributed by atoms with E-state index in [2.05, 4.69) is 0 Å². The average molecular weight is 225 g/mol. The van der Waals surface area contributed by atoms with Gasteiger partial charge in [-0.15, -0.1) is 0 Å². The maximum Gasteiger partial charge on any atom is 0.339 e. The normalized spacial score (nSPS) is 11.8.